The molecule has 0 N–H and O–H groups in total. The van der Waals surface area contributed by atoms with E-state index in [4.69, 9.17) is 4.74 Å². The average molecular weight is 202 g/mol. The van der Waals surface area contributed by atoms with Crippen molar-refractivity contribution in [2.24, 2.45) is 0 Å². The highest BCUT2D eigenvalue weighted by Crippen LogP contribution is 2.44. The summed E-state index contributed by atoms with van der Waals surface area (Å²) in [6, 6.07) is 6.35. The summed E-state index contributed by atoms with van der Waals surface area (Å²) >= 11 is 0. The van der Waals surface area contributed by atoms with Crippen molar-refractivity contribution in [2.45, 2.75) is 38.7 Å². The zero-order valence-corrected chi connectivity index (χ0v) is 9.49. The smallest absolute Gasteiger partial charge is 0.123 e. The molecule has 1 saturated carbocycles. The summed E-state index contributed by atoms with van der Waals surface area (Å²) in [5.41, 5.74) is 2.55. The molecule has 1 heteroatoms. The van der Waals surface area contributed by atoms with E-state index in [0.717, 1.165) is 11.7 Å². The monoisotopic (exact) mass is 202 g/mol. The van der Waals surface area contributed by atoms with Crippen LogP contribution in [-0.4, -0.2) is 6.10 Å². The van der Waals surface area contributed by atoms with Crippen molar-refractivity contribution in [3.63, 3.8) is 0 Å². The number of hydrogen-bond donors (Lipinski definition) is 0. The summed E-state index contributed by atoms with van der Waals surface area (Å²) < 4.78 is 5.81. The minimum Gasteiger partial charge on any atom is -0.491 e. The molecule has 2 rings (SSSR count). The number of hydrogen-bond acceptors (Lipinski definition) is 1. The van der Waals surface area contributed by atoms with Crippen LogP contribution < -0.4 is 4.74 Å². The van der Waals surface area contributed by atoms with Gasteiger partial charge in [0.05, 0.1) is 6.10 Å². The maximum absolute atomic E-state index is 5.81. The van der Waals surface area contributed by atoms with Crippen molar-refractivity contribution in [1.82, 2.24) is 0 Å². The Hall–Kier alpha value is -1.24. The first-order valence-electron chi connectivity index (χ1n) is 5.63. The lowest BCUT2D eigenvalue weighted by Crippen LogP contribution is -2.07. The van der Waals surface area contributed by atoms with Gasteiger partial charge in [-0.3, -0.25) is 0 Å². The van der Waals surface area contributed by atoms with Gasteiger partial charge in [-0.15, -0.1) is 0 Å². The van der Waals surface area contributed by atoms with E-state index in [0.29, 0.717) is 0 Å². The van der Waals surface area contributed by atoms with Crippen LogP contribution in [0.25, 0.3) is 6.08 Å². The Morgan fingerprint density at radius 1 is 1.40 bits per heavy atom. The van der Waals surface area contributed by atoms with E-state index < -0.39 is 0 Å². The second-order valence-corrected chi connectivity index (χ2v) is 4.44. The Kier molecular flexibility index (Phi) is 2.81. The zero-order chi connectivity index (χ0) is 10.8. The molecule has 0 bridgehead atoms. The lowest BCUT2D eigenvalue weighted by Gasteiger charge is -2.14. The second kappa shape index (κ2) is 4.09. The van der Waals surface area contributed by atoms with Gasteiger partial charge < -0.3 is 4.74 Å². The Balaban J connectivity index is 2.31. The Morgan fingerprint density at radius 2 is 2.13 bits per heavy atom. The van der Waals surface area contributed by atoms with Crippen LogP contribution in [0.2, 0.25) is 0 Å². The lowest BCUT2D eigenvalue weighted by atomic mass is 10.1. The van der Waals surface area contributed by atoms with E-state index in [1.807, 2.05) is 6.08 Å². The molecule has 0 aromatic heterocycles. The first-order valence-corrected chi connectivity index (χ1v) is 5.63. The third-order valence-corrected chi connectivity index (χ3v) is 2.65. The van der Waals surface area contributed by atoms with Crippen LogP contribution in [-0.2, 0) is 0 Å². The van der Waals surface area contributed by atoms with E-state index in [1.165, 1.54) is 24.0 Å². The van der Waals surface area contributed by atoms with Crippen LogP contribution in [0.5, 0.6) is 5.75 Å². The van der Waals surface area contributed by atoms with Gasteiger partial charge in [0.1, 0.15) is 5.75 Å². The van der Waals surface area contributed by atoms with Gasteiger partial charge in [-0.25, -0.2) is 0 Å². The van der Waals surface area contributed by atoms with Crippen LogP contribution in [0.15, 0.2) is 24.8 Å². The maximum Gasteiger partial charge on any atom is 0.123 e. The van der Waals surface area contributed by atoms with Gasteiger partial charge in [-0.05, 0) is 55.9 Å². The summed E-state index contributed by atoms with van der Waals surface area (Å²) in [6.07, 6.45) is 4.74. The van der Waals surface area contributed by atoms with Crippen LogP contribution in [0.1, 0.15) is 43.7 Å². The van der Waals surface area contributed by atoms with Crippen LogP contribution in [0.3, 0.4) is 0 Å². The fourth-order valence-electron chi connectivity index (χ4n) is 1.77. The van der Waals surface area contributed by atoms with Gasteiger partial charge in [0, 0.05) is 0 Å². The van der Waals surface area contributed by atoms with Gasteiger partial charge >= 0.3 is 0 Å². The number of rotatable bonds is 4. The molecule has 1 aromatic carbocycles. The van der Waals surface area contributed by atoms with Crippen molar-refractivity contribution in [3.05, 3.63) is 35.9 Å². The fraction of sp³-hybridized carbons (Fsp3) is 0.429. The van der Waals surface area contributed by atoms with Crippen molar-refractivity contribution in [1.29, 1.82) is 0 Å². The molecule has 1 aliphatic carbocycles. The van der Waals surface area contributed by atoms with Crippen molar-refractivity contribution >= 4 is 6.08 Å². The highest BCUT2D eigenvalue weighted by Gasteiger charge is 2.27. The van der Waals surface area contributed by atoms with E-state index in [9.17, 15) is 0 Å². The zero-order valence-electron chi connectivity index (χ0n) is 9.49. The molecule has 1 fully saturated rings. The van der Waals surface area contributed by atoms with Gasteiger partial charge in [0.2, 0.25) is 0 Å². The summed E-state index contributed by atoms with van der Waals surface area (Å²) in [5, 5.41) is 0. The number of benzene rings is 1. The molecule has 0 aliphatic heterocycles. The number of ether oxygens (including phenoxy) is 1. The molecule has 0 atom stereocenters. The SMILES string of the molecule is C=Cc1ccc(OC(C)C)c(C2CC2)c1. The molecule has 0 spiro atoms. The summed E-state index contributed by atoms with van der Waals surface area (Å²) in [7, 11) is 0. The maximum atomic E-state index is 5.81. The van der Waals surface area contributed by atoms with Gasteiger partial charge in [-0.1, -0.05) is 18.7 Å². The normalized spacial score (nSPS) is 15.4. The molecular formula is C14H18O. The quantitative estimate of drug-likeness (QED) is 0.717. The van der Waals surface area contributed by atoms with Gasteiger partial charge in [0.25, 0.3) is 0 Å². The summed E-state index contributed by atoms with van der Waals surface area (Å²) in [4.78, 5) is 0. The van der Waals surface area contributed by atoms with E-state index in [2.05, 4.69) is 38.6 Å². The Morgan fingerprint density at radius 3 is 2.67 bits per heavy atom. The minimum absolute atomic E-state index is 0.247. The molecule has 0 unspecified atom stereocenters. The van der Waals surface area contributed by atoms with E-state index >= 15 is 0 Å². The third-order valence-electron chi connectivity index (χ3n) is 2.65. The van der Waals surface area contributed by atoms with Crippen molar-refractivity contribution in [3.8, 4) is 5.75 Å². The summed E-state index contributed by atoms with van der Waals surface area (Å²) in [6.45, 7) is 7.94. The first kappa shape index (κ1) is 10.3. The fourth-order valence-corrected chi connectivity index (χ4v) is 1.77. The molecule has 0 radical (unpaired) electrons. The highest BCUT2D eigenvalue weighted by atomic mass is 16.5. The van der Waals surface area contributed by atoms with Gasteiger partial charge in [0.15, 0.2) is 0 Å². The molecule has 0 amide bonds. The first-order chi connectivity index (χ1) is 7.20. The van der Waals surface area contributed by atoms with E-state index in [-0.39, 0.29) is 6.10 Å². The van der Waals surface area contributed by atoms with Crippen LogP contribution in [0.4, 0.5) is 0 Å². The Labute approximate surface area is 91.8 Å². The predicted molar refractivity (Wildman–Crippen MR) is 64.3 cm³/mol. The largest absolute Gasteiger partial charge is 0.491 e. The molecule has 0 heterocycles. The third kappa shape index (κ3) is 2.41. The van der Waals surface area contributed by atoms with E-state index in [1.54, 1.807) is 0 Å². The molecular weight excluding hydrogens is 184 g/mol. The minimum atomic E-state index is 0.247. The highest BCUT2D eigenvalue weighted by molar-refractivity contribution is 5.53. The average Bonchev–Trinajstić information content (AvgIpc) is 3.01. The van der Waals surface area contributed by atoms with Gasteiger partial charge in [-0.2, -0.15) is 0 Å². The van der Waals surface area contributed by atoms with Crippen molar-refractivity contribution in [2.75, 3.05) is 0 Å². The molecule has 1 aliphatic rings. The lowest BCUT2D eigenvalue weighted by molar-refractivity contribution is 0.240. The topological polar surface area (TPSA) is 9.23 Å². The molecule has 15 heavy (non-hydrogen) atoms. The molecule has 0 saturated heterocycles. The van der Waals surface area contributed by atoms with Crippen LogP contribution >= 0.6 is 0 Å². The summed E-state index contributed by atoms with van der Waals surface area (Å²) in [5.74, 6) is 1.77. The second-order valence-electron chi connectivity index (χ2n) is 4.44. The Bertz CT molecular complexity index is 362. The molecule has 1 nitrogen and oxygen atoms in total. The molecule has 80 valence electrons. The molecule has 1 aromatic rings. The van der Waals surface area contributed by atoms with Crippen LogP contribution in [0, 0.1) is 0 Å². The predicted octanol–water partition coefficient (Wildman–Crippen LogP) is 3.99. The van der Waals surface area contributed by atoms with Crippen molar-refractivity contribution < 1.29 is 4.74 Å². The standard InChI is InChI=1S/C14H18O/c1-4-11-5-8-14(15-10(2)3)13(9-11)12-6-7-12/h4-5,8-10,12H,1,6-7H2,2-3H3.